The zero-order chi connectivity index (χ0) is 13.7. The van der Waals surface area contributed by atoms with E-state index in [0.29, 0.717) is 5.75 Å². The lowest BCUT2D eigenvalue weighted by atomic mass is 10.0. The Hall–Kier alpha value is -1.80. The number of allylic oxidation sites excluding steroid dienone is 1. The summed E-state index contributed by atoms with van der Waals surface area (Å²) in [6.07, 6.45) is 5.20. The molecule has 0 amide bonds. The van der Waals surface area contributed by atoms with Crippen LogP contribution in [0.4, 0.5) is 0 Å². The van der Waals surface area contributed by atoms with Gasteiger partial charge in [-0.05, 0) is 32.2 Å². The van der Waals surface area contributed by atoms with E-state index in [1.807, 2.05) is 37.3 Å². The van der Waals surface area contributed by atoms with Crippen LogP contribution in [0.5, 0.6) is 5.75 Å². The Kier molecular flexibility index (Phi) is 4.58. The number of rotatable bonds is 5. The quantitative estimate of drug-likeness (QED) is 0.621. The van der Waals surface area contributed by atoms with Gasteiger partial charge in [-0.15, -0.1) is 0 Å². The largest absolute Gasteiger partial charge is 0.507 e. The maximum atomic E-state index is 10.4. The number of hydrogen-bond donors (Lipinski definition) is 2. The van der Waals surface area contributed by atoms with Gasteiger partial charge >= 0.3 is 0 Å². The predicted molar refractivity (Wildman–Crippen MR) is 81.5 cm³/mol. The van der Waals surface area contributed by atoms with Crippen LogP contribution in [0, 0.1) is 0 Å². The molecule has 1 atom stereocenters. The van der Waals surface area contributed by atoms with Gasteiger partial charge in [0, 0.05) is 17.0 Å². The number of aromatic hydroxyl groups is 1. The predicted octanol–water partition coefficient (Wildman–Crippen LogP) is 4.16. The smallest absolute Gasteiger partial charge is 0.128 e. The molecule has 0 fully saturated rings. The second kappa shape index (κ2) is 6.39. The van der Waals surface area contributed by atoms with Gasteiger partial charge in [0.1, 0.15) is 5.75 Å². The van der Waals surface area contributed by atoms with Crippen LogP contribution in [0.1, 0.15) is 31.9 Å². The summed E-state index contributed by atoms with van der Waals surface area (Å²) >= 11 is 0. The zero-order valence-corrected chi connectivity index (χ0v) is 11.6. The highest BCUT2D eigenvalue weighted by molar-refractivity contribution is 5.89. The summed E-state index contributed by atoms with van der Waals surface area (Å²) < 4.78 is 0. The van der Waals surface area contributed by atoms with Gasteiger partial charge < -0.3 is 10.4 Å². The molecule has 0 heterocycles. The molecule has 0 saturated carbocycles. The molecule has 1 unspecified atom stereocenters. The molecule has 0 aliphatic heterocycles. The number of nitrogens with one attached hydrogen (secondary N) is 1. The van der Waals surface area contributed by atoms with Crippen molar-refractivity contribution in [2.75, 3.05) is 6.54 Å². The van der Waals surface area contributed by atoms with Crippen molar-refractivity contribution < 1.29 is 5.11 Å². The minimum Gasteiger partial charge on any atom is -0.507 e. The summed E-state index contributed by atoms with van der Waals surface area (Å²) in [4.78, 5) is 0. The summed E-state index contributed by atoms with van der Waals surface area (Å²) in [7, 11) is 0. The van der Waals surface area contributed by atoms with Gasteiger partial charge in [0.15, 0.2) is 0 Å². The fourth-order valence-electron chi connectivity index (χ4n) is 2.28. The van der Waals surface area contributed by atoms with Crippen molar-refractivity contribution in [2.24, 2.45) is 0 Å². The second-order valence-corrected chi connectivity index (χ2v) is 4.76. The highest BCUT2D eigenvalue weighted by atomic mass is 16.3. The van der Waals surface area contributed by atoms with Crippen molar-refractivity contribution >= 4 is 10.8 Å². The molecule has 100 valence electrons. The van der Waals surface area contributed by atoms with Crippen molar-refractivity contribution in [3.8, 4) is 5.75 Å². The average Bonchev–Trinajstić information content (AvgIpc) is 2.44. The first kappa shape index (κ1) is 13.6. The van der Waals surface area contributed by atoms with E-state index in [0.717, 1.165) is 29.3 Å². The minimum atomic E-state index is 0.148. The molecular formula is C17H21NO. The molecule has 19 heavy (non-hydrogen) atoms. The van der Waals surface area contributed by atoms with Crippen molar-refractivity contribution in [3.05, 3.63) is 54.1 Å². The monoisotopic (exact) mass is 255 g/mol. The van der Waals surface area contributed by atoms with Gasteiger partial charge in [-0.3, -0.25) is 0 Å². The van der Waals surface area contributed by atoms with Crippen molar-refractivity contribution in [1.82, 2.24) is 5.32 Å². The molecule has 0 aromatic heterocycles. The number of phenols is 1. The molecule has 2 aromatic rings. The maximum Gasteiger partial charge on any atom is 0.128 e. The second-order valence-electron chi connectivity index (χ2n) is 4.76. The third-order valence-electron chi connectivity index (χ3n) is 3.40. The molecule has 0 aliphatic carbocycles. The van der Waals surface area contributed by atoms with E-state index in [1.54, 1.807) is 0 Å². The summed E-state index contributed by atoms with van der Waals surface area (Å²) in [6.45, 7) is 5.02. The summed E-state index contributed by atoms with van der Waals surface area (Å²) in [5.74, 6) is 0.393. The van der Waals surface area contributed by atoms with Gasteiger partial charge in [0.2, 0.25) is 0 Å². The molecule has 2 heteroatoms. The lowest BCUT2D eigenvalue weighted by molar-refractivity contribution is 0.459. The van der Waals surface area contributed by atoms with Crippen LogP contribution in [0.3, 0.4) is 0 Å². The normalized spacial score (nSPS) is 13.2. The van der Waals surface area contributed by atoms with Crippen LogP contribution in [0.25, 0.3) is 10.8 Å². The number of hydrogen-bond acceptors (Lipinski definition) is 2. The number of benzene rings is 2. The fraction of sp³-hybridized carbons (Fsp3) is 0.294. The zero-order valence-electron chi connectivity index (χ0n) is 11.6. The van der Waals surface area contributed by atoms with Gasteiger partial charge in [-0.1, -0.05) is 48.6 Å². The first-order valence-corrected chi connectivity index (χ1v) is 6.79. The highest BCUT2D eigenvalue weighted by Gasteiger charge is 2.11. The van der Waals surface area contributed by atoms with Gasteiger partial charge in [-0.25, -0.2) is 0 Å². The van der Waals surface area contributed by atoms with Crippen LogP contribution in [0.15, 0.2) is 48.6 Å². The fourth-order valence-corrected chi connectivity index (χ4v) is 2.28. The van der Waals surface area contributed by atoms with Crippen molar-refractivity contribution in [1.29, 1.82) is 0 Å². The molecule has 2 aromatic carbocycles. The van der Waals surface area contributed by atoms with E-state index in [2.05, 4.69) is 30.5 Å². The maximum absolute atomic E-state index is 10.4. The van der Waals surface area contributed by atoms with Crippen LogP contribution in [-0.4, -0.2) is 11.7 Å². The lowest BCUT2D eigenvalue weighted by Crippen LogP contribution is -2.19. The Morgan fingerprint density at radius 2 is 2.00 bits per heavy atom. The number of phenolic OH excluding ortho intramolecular Hbond substituents is 1. The summed E-state index contributed by atoms with van der Waals surface area (Å²) in [6, 6.07) is 12.1. The van der Waals surface area contributed by atoms with Crippen LogP contribution in [0.2, 0.25) is 0 Å². The molecule has 0 radical (unpaired) electrons. The van der Waals surface area contributed by atoms with E-state index in [-0.39, 0.29) is 6.04 Å². The summed E-state index contributed by atoms with van der Waals surface area (Å²) in [5, 5.41) is 15.8. The summed E-state index contributed by atoms with van der Waals surface area (Å²) in [5.41, 5.74) is 0.958. The molecule has 2 N–H and O–H groups in total. The van der Waals surface area contributed by atoms with E-state index in [1.165, 1.54) is 0 Å². The van der Waals surface area contributed by atoms with E-state index >= 15 is 0 Å². The highest BCUT2D eigenvalue weighted by Crippen LogP contribution is 2.32. The van der Waals surface area contributed by atoms with Crippen molar-refractivity contribution in [2.45, 2.75) is 26.3 Å². The van der Waals surface area contributed by atoms with Gasteiger partial charge in [0.05, 0.1) is 0 Å². The van der Waals surface area contributed by atoms with Crippen molar-refractivity contribution in [3.63, 3.8) is 0 Å². The first-order valence-electron chi connectivity index (χ1n) is 6.79. The number of fused-ring (bicyclic) bond motifs is 1. The van der Waals surface area contributed by atoms with Gasteiger partial charge in [0.25, 0.3) is 0 Å². The van der Waals surface area contributed by atoms with E-state index in [9.17, 15) is 5.11 Å². The topological polar surface area (TPSA) is 32.3 Å². The van der Waals surface area contributed by atoms with Gasteiger partial charge in [-0.2, -0.15) is 0 Å². The first-order chi connectivity index (χ1) is 9.24. The molecular weight excluding hydrogens is 234 g/mol. The molecule has 0 spiro atoms. The Morgan fingerprint density at radius 1 is 1.21 bits per heavy atom. The third kappa shape index (κ3) is 3.15. The van der Waals surface area contributed by atoms with E-state index < -0.39 is 0 Å². The Morgan fingerprint density at radius 3 is 2.79 bits per heavy atom. The van der Waals surface area contributed by atoms with Crippen LogP contribution in [-0.2, 0) is 0 Å². The van der Waals surface area contributed by atoms with Crippen LogP contribution < -0.4 is 5.32 Å². The SMILES string of the molecule is C/C=C/CCNC(C)c1ccc2ccccc2c1O. The Balaban J connectivity index is 2.17. The molecule has 2 nitrogen and oxygen atoms in total. The standard InChI is InChI=1S/C17H21NO/c1-3-4-7-12-18-13(2)15-11-10-14-8-5-6-9-16(14)17(15)19/h3-6,8-11,13,18-19H,7,12H2,1-2H3/b4-3+. The molecule has 0 saturated heterocycles. The Bertz CT molecular complexity index is 574. The average molecular weight is 255 g/mol. The molecule has 0 bridgehead atoms. The lowest BCUT2D eigenvalue weighted by Gasteiger charge is -2.16. The molecule has 2 rings (SSSR count). The third-order valence-corrected chi connectivity index (χ3v) is 3.40. The minimum absolute atomic E-state index is 0.148. The molecule has 0 aliphatic rings. The van der Waals surface area contributed by atoms with Crippen LogP contribution >= 0.6 is 0 Å². The van der Waals surface area contributed by atoms with E-state index in [4.69, 9.17) is 0 Å². The Labute approximate surface area is 114 Å².